The molecule has 0 bridgehead atoms. The molecule has 0 rings (SSSR count). The lowest BCUT2D eigenvalue weighted by Gasteiger charge is -2.36. The molecule has 0 amide bonds. The first-order valence-corrected chi connectivity index (χ1v) is 3.59. The molecule has 2 heteroatoms. The van der Waals surface area contributed by atoms with Gasteiger partial charge in [-0.3, -0.25) is 4.39 Å². The lowest BCUT2D eigenvalue weighted by molar-refractivity contribution is -0.0420. The van der Waals surface area contributed by atoms with Crippen LogP contribution in [0.25, 0.3) is 0 Å². The second-order valence-corrected chi connectivity index (χ2v) is 3.88. The van der Waals surface area contributed by atoms with E-state index in [2.05, 4.69) is 0 Å². The van der Waals surface area contributed by atoms with Gasteiger partial charge in [0.1, 0.15) is 0 Å². The molecule has 62 valence electrons. The highest BCUT2D eigenvalue weighted by Gasteiger charge is 2.34. The predicted octanol–water partition coefficient (Wildman–Crippen LogP) is 2.14. The van der Waals surface area contributed by atoms with E-state index in [1.165, 1.54) is 0 Å². The van der Waals surface area contributed by atoms with Crippen LogP contribution in [0.2, 0.25) is 0 Å². The number of alkyl halides is 1. The Kier molecular flexibility index (Phi) is 2.84. The third kappa shape index (κ3) is 2.25. The Morgan fingerprint density at radius 2 is 1.60 bits per heavy atom. The summed E-state index contributed by atoms with van der Waals surface area (Å²) in [5.74, 6) is 0. The van der Waals surface area contributed by atoms with Gasteiger partial charge in [-0.2, -0.15) is 0 Å². The molecular formula is C8H17FO. The molecule has 10 heavy (non-hydrogen) atoms. The number of halogens is 1. The maximum atomic E-state index is 11.9. The van der Waals surface area contributed by atoms with E-state index >= 15 is 0 Å². The Balaban J connectivity index is 4.10. The number of hydrogen-bond acceptors (Lipinski definition) is 1. The van der Waals surface area contributed by atoms with Crippen molar-refractivity contribution >= 4 is 0 Å². The van der Waals surface area contributed by atoms with E-state index in [1.54, 1.807) is 13.8 Å². The Morgan fingerprint density at radius 1 is 1.20 bits per heavy atom. The van der Waals surface area contributed by atoms with Crippen LogP contribution in [0.4, 0.5) is 4.39 Å². The van der Waals surface area contributed by atoms with Gasteiger partial charge in [0, 0.05) is 0 Å². The average molecular weight is 148 g/mol. The van der Waals surface area contributed by atoms with Crippen molar-refractivity contribution in [3.05, 3.63) is 0 Å². The summed E-state index contributed by atoms with van der Waals surface area (Å²) in [6.07, 6.45) is 0.413. The first-order valence-electron chi connectivity index (χ1n) is 3.59. The smallest absolute Gasteiger partial charge is 0.0900 e. The highest BCUT2D eigenvalue weighted by atomic mass is 19.1. The average Bonchev–Trinajstić information content (AvgIpc) is 1.61. The topological polar surface area (TPSA) is 20.2 Å². The molecule has 0 fully saturated rings. The quantitative estimate of drug-likeness (QED) is 0.650. The summed E-state index contributed by atoms with van der Waals surface area (Å²) in [5, 5.41) is 9.51. The minimum atomic E-state index is -0.793. The largest absolute Gasteiger partial charge is 0.390 e. The maximum Gasteiger partial charge on any atom is 0.0900 e. The normalized spacial score (nSPS) is 13.8. The number of rotatable bonds is 3. The molecule has 0 aliphatic heterocycles. The fraction of sp³-hybridized carbons (Fsp3) is 1.00. The number of aliphatic hydroxyl groups is 1. The molecular weight excluding hydrogens is 131 g/mol. The van der Waals surface area contributed by atoms with Gasteiger partial charge < -0.3 is 5.11 Å². The predicted molar refractivity (Wildman–Crippen MR) is 40.7 cm³/mol. The van der Waals surface area contributed by atoms with Crippen molar-refractivity contribution in [2.24, 2.45) is 5.41 Å². The van der Waals surface area contributed by atoms with Crippen molar-refractivity contribution in [1.82, 2.24) is 0 Å². The molecule has 0 spiro atoms. The molecule has 0 aliphatic rings. The SMILES string of the molecule is CC(C)(O)C(C)(C)CCF. The molecule has 0 heterocycles. The van der Waals surface area contributed by atoms with Crippen LogP contribution in [-0.2, 0) is 0 Å². The van der Waals surface area contributed by atoms with Crippen molar-refractivity contribution in [2.45, 2.75) is 39.7 Å². The Morgan fingerprint density at radius 3 is 1.70 bits per heavy atom. The van der Waals surface area contributed by atoms with Crippen LogP contribution in [-0.4, -0.2) is 17.4 Å². The standard InChI is InChI=1S/C8H17FO/c1-7(2,5-6-9)8(3,4)10/h10H,5-6H2,1-4H3. The first-order chi connectivity index (χ1) is 4.31. The van der Waals surface area contributed by atoms with Crippen LogP contribution in [0.15, 0.2) is 0 Å². The molecule has 1 N–H and O–H groups in total. The molecule has 0 saturated carbocycles. The van der Waals surface area contributed by atoms with E-state index in [9.17, 15) is 9.50 Å². The minimum absolute atomic E-state index is 0.332. The second-order valence-electron chi connectivity index (χ2n) is 3.88. The van der Waals surface area contributed by atoms with Gasteiger partial charge in [-0.05, 0) is 25.7 Å². The fourth-order valence-electron chi connectivity index (χ4n) is 0.542. The third-order valence-electron chi connectivity index (χ3n) is 2.38. The number of hydrogen-bond donors (Lipinski definition) is 1. The van der Waals surface area contributed by atoms with Crippen LogP contribution in [0, 0.1) is 5.41 Å². The highest BCUT2D eigenvalue weighted by Crippen LogP contribution is 2.33. The lowest BCUT2D eigenvalue weighted by atomic mass is 9.75. The first kappa shape index (κ1) is 9.89. The van der Waals surface area contributed by atoms with Gasteiger partial charge >= 0.3 is 0 Å². The molecule has 0 saturated heterocycles. The zero-order valence-corrected chi connectivity index (χ0v) is 7.24. The molecule has 0 aromatic heterocycles. The van der Waals surface area contributed by atoms with E-state index in [0.29, 0.717) is 6.42 Å². The lowest BCUT2D eigenvalue weighted by Crippen LogP contribution is -2.39. The van der Waals surface area contributed by atoms with E-state index < -0.39 is 5.60 Å². The van der Waals surface area contributed by atoms with Gasteiger partial charge in [0.05, 0.1) is 12.3 Å². The molecule has 0 unspecified atom stereocenters. The van der Waals surface area contributed by atoms with E-state index in [1.807, 2.05) is 13.8 Å². The van der Waals surface area contributed by atoms with Gasteiger partial charge in [0.15, 0.2) is 0 Å². The second kappa shape index (κ2) is 2.87. The van der Waals surface area contributed by atoms with Gasteiger partial charge in [0.25, 0.3) is 0 Å². The monoisotopic (exact) mass is 148 g/mol. The molecule has 0 radical (unpaired) electrons. The van der Waals surface area contributed by atoms with Crippen molar-refractivity contribution in [2.75, 3.05) is 6.67 Å². The van der Waals surface area contributed by atoms with Gasteiger partial charge in [-0.15, -0.1) is 0 Å². The van der Waals surface area contributed by atoms with Crippen LogP contribution in [0.1, 0.15) is 34.1 Å². The summed E-state index contributed by atoms with van der Waals surface area (Å²) in [6.45, 7) is 6.79. The van der Waals surface area contributed by atoms with Gasteiger partial charge in [0.2, 0.25) is 0 Å². The molecule has 0 atom stereocenters. The summed E-state index contributed by atoms with van der Waals surface area (Å²) in [6, 6.07) is 0. The van der Waals surface area contributed by atoms with Gasteiger partial charge in [-0.25, -0.2) is 0 Å². The maximum absolute atomic E-state index is 11.9. The zero-order chi connectivity index (χ0) is 8.41. The molecule has 0 aromatic rings. The highest BCUT2D eigenvalue weighted by molar-refractivity contribution is 4.85. The van der Waals surface area contributed by atoms with Crippen LogP contribution >= 0.6 is 0 Å². The van der Waals surface area contributed by atoms with Crippen molar-refractivity contribution < 1.29 is 9.50 Å². The van der Waals surface area contributed by atoms with E-state index in [0.717, 1.165) is 0 Å². The fourth-order valence-corrected chi connectivity index (χ4v) is 0.542. The van der Waals surface area contributed by atoms with Crippen molar-refractivity contribution in [3.8, 4) is 0 Å². The molecule has 0 aromatic carbocycles. The Labute approximate surface area is 62.3 Å². The van der Waals surface area contributed by atoms with Gasteiger partial charge in [-0.1, -0.05) is 13.8 Å². The Hall–Kier alpha value is -0.110. The molecule has 1 nitrogen and oxygen atoms in total. The van der Waals surface area contributed by atoms with Crippen LogP contribution in [0.3, 0.4) is 0 Å². The summed E-state index contributed by atoms with van der Waals surface area (Å²) >= 11 is 0. The Bertz CT molecular complexity index is 102. The van der Waals surface area contributed by atoms with E-state index in [4.69, 9.17) is 0 Å². The van der Waals surface area contributed by atoms with E-state index in [-0.39, 0.29) is 12.1 Å². The molecule has 0 aliphatic carbocycles. The minimum Gasteiger partial charge on any atom is -0.390 e. The third-order valence-corrected chi connectivity index (χ3v) is 2.38. The zero-order valence-electron chi connectivity index (χ0n) is 7.24. The summed E-state index contributed by atoms with van der Waals surface area (Å²) in [7, 11) is 0. The van der Waals surface area contributed by atoms with Crippen molar-refractivity contribution in [1.29, 1.82) is 0 Å². The summed E-state index contributed by atoms with van der Waals surface area (Å²) in [4.78, 5) is 0. The summed E-state index contributed by atoms with van der Waals surface area (Å²) in [5.41, 5.74) is -1.12. The van der Waals surface area contributed by atoms with Crippen LogP contribution < -0.4 is 0 Å². The summed E-state index contributed by atoms with van der Waals surface area (Å²) < 4.78 is 11.9. The van der Waals surface area contributed by atoms with Crippen molar-refractivity contribution in [3.63, 3.8) is 0 Å². The van der Waals surface area contributed by atoms with Crippen LogP contribution in [0.5, 0.6) is 0 Å².